The highest BCUT2D eigenvalue weighted by atomic mass is 35.5. The maximum absolute atomic E-state index is 13.4. The predicted octanol–water partition coefficient (Wildman–Crippen LogP) is 4.95. The van der Waals surface area contributed by atoms with Gasteiger partial charge in [-0.05, 0) is 43.2 Å². The monoisotopic (exact) mass is 427 g/mol. The lowest BCUT2D eigenvalue weighted by Crippen LogP contribution is -2.32. The lowest BCUT2D eigenvalue weighted by molar-refractivity contribution is -0.136. The number of ether oxygens (including phenoxy) is 1. The largest absolute Gasteiger partial charge is 0.462 e. The highest BCUT2D eigenvalue weighted by Gasteiger charge is 2.27. The van der Waals surface area contributed by atoms with E-state index in [4.69, 9.17) is 16.3 Å². The minimum absolute atomic E-state index is 0.0899. The molecule has 0 bridgehead atoms. The van der Waals surface area contributed by atoms with Gasteiger partial charge in [0.25, 0.3) is 0 Å². The number of rotatable bonds is 3. The van der Waals surface area contributed by atoms with Crippen molar-refractivity contribution in [2.45, 2.75) is 13.3 Å². The van der Waals surface area contributed by atoms with E-state index in [9.17, 15) is 14.0 Å². The van der Waals surface area contributed by atoms with Crippen LogP contribution in [0.25, 0.3) is 16.5 Å². The van der Waals surface area contributed by atoms with E-state index in [2.05, 4.69) is 10.3 Å². The van der Waals surface area contributed by atoms with Crippen molar-refractivity contribution in [2.75, 3.05) is 18.5 Å². The summed E-state index contributed by atoms with van der Waals surface area (Å²) >= 11 is 5.79. The molecule has 0 saturated heterocycles. The van der Waals surface area contributed by atoms with Crippen LogP contribution >= 0.6 is 11.6 Å². The Labute approximate surface area is 177 Å². The first kappa shape index (κ1) is 20.0. The topological polar surface area (TPSA) is 74.4 Å². The van der Waals surface area contributed by atoms with Gasteiger partial charge in [-0.2, -0.15) is 0 Å². The van der Waals surface area contributed by atoms with Crippen LogP contribution in [0.3, 0.4) is 0 Å². The van der Waals surface area contributed by atoms with Gasteiger partial charge in [0.05, 0.1) is 22.9 Å². The van der Waals surface area contributed by atoms with Crippen LogP contribution in [0.5, 0.6) is 0 Å². The molecule has 30 heavy (non-hydrogen) atoms. The fraction of sp³-hybridized carbons (Fsp3) is 0.182. The van der Waals surface area contributed by atoms with Crippen LogP contribution < -0.4 is 5.32 Å². The number of fused-ring (bicyclic) bond motifs is 3. The Morgan fingerprint density at radius 1 is 1.27 bits per heavy atom. The molecule has 154 valence electrons. The van der Waals surface area contributed by atoms with Crippen molar-refractivity contribution in [3.63, 3.8) is 0 Å². The molecule has 0 atom stereocenters. The van der Waals surface area contributed by atoms with Gasteiger partial charge in [0.2, 0.25) is 0 Å². The van der Waals surface area contributed by atoms with E-state index in [0.717, 1.165) is 16.5 Å². The van der Waals surface area contributed by atoms with Crippen LogP contribution in [0.1, 0.15) is 18.2 Å². The third-order valence-corrected chi connectivity index (χ3v) is 5.19. The number of anilines is 1. The number of carbonyl (C=O) groups excluding carboxylic acids is 2. The van der Waals surface area contributed by atoms with Crippen LogP contribution in [0, 0.1) is 5.82 Å². The fourth-order valence-corrected chi connectivity index (χ4v) is 3.68. The number of nitrogens with one attached hydrogen (secondary N) is 2. The van der Waals surface area contributed by atoms with Gasteiger partial charge in [-0.3, -0.25) is 4.90 Å². The zero-order chi connectivity index (χ0) is 21.3. The number of hydrogen-bond donors (Lipinski definition) is 2. The predicted molar refractivity (Wildman–Crippen MR) is 114 cm³/mol. The molecule has 4 rings (SSSR count). The van der Waals surface area contributed by atoms with Crippen molar-refractivity contribution in [1.82, 2.24) is 9.88 Å². The average molecular weight is 428 g/mol. The van der Waals surface area contributed by atoms with Crippen LogP contribution in [0.15, 0.2) is 48.7 Å². The Hall–Kier alpha value is -3.32. The van der Waals surface area contributed by atoms with Gasteiger partial charge in [0, 0.05) is 29.3 Å². The molecule has 2 heterocycles. The van der Waals surface area contributed by atoms with E-state index < -0.39 is 17.8 Å². The van der Waals surface area contributed by atoms with Crippen molar-refractivity contribution in [2.24, 2.45) is 0 Å². The van der Waals surface area contributed by atoms with Gasteiger partial charge < -0.3 is 15.0 Å². The Morgan fingerprint density at radius 2 is 2.07 bits per heavy atom. The lowest BCUT2D eigenvalue weighted by atomic mass is 10.0. The standard InChI is InChI=1S/C22H19ClFN3O3/c1-2-30-21(28)16-12-27(22(29)25-13-7-8-18(24)17(23)11-13)10-9-15-14-5-3-4-6-19(14)26-20(15)16/h3-8,11-12,26H,2,9-10H2,1H3,(H,25,29). The smallest absolute Gasteiger partial charge is 0.341 e. The molecule has 1 aliphatic heterocycles. The van der Waals surface area contributed by atoms with Gasteiger partial charge in [-0.15, -0.1) is 0 Å². The highest BCUT2D eigenvalue weighted by Crippen LogP contribution is 2.31. The quantitative estimate of drug-likeness (QED) is 0.580. The number of aromatic nitrogens is 1. The van der Waals surface area contributed by atoms with Gasteiger partial charge >= 0.3 is 12.0 Å². The normalized spacial score (nSPS) is 13.4. The highest BCUT2D eigenvalue weighted by molar-refractivity contribution is 6.31. The van der Waals surface area contributed by atoms with E-state index in [0.29, 0.717) is 24.3 Å². The number of para-hydroxylation sites is 1. The third-order valence-electron chi connectivity index (χ3n) is 4.90. The molecular formula is C22H19ClFN3O3. The number of urea groups is 1. The Balaban J connectivity index is 1.69. The lowest BCUT2D eigenvalue weighted by Gasteiger charge is -2.18. The van der Waals surface area contributed by atoms with Crippen molar-refractivity contribution < 1.29 is 18.7 Å². The first-order valence-electron chi connectivity index (χ1n) is 9.49. The molecule has 0 fully saturated rings. The number of benzene rings is 2. The molecule has 1 aliphatic rings. The summed E-state index contributed by atoms with van der Waals surface area (Å²) < 4.78 is 18.6. The number of hydrogen-bond acceptors (Lipinski definition) is 3. The Morgan fingerprint density at radius 3 is 2.83 bits per heavy atom. The maximum Gasteiger partial charge on any atom is 0.341 e. The van der Waals surface area contributed by atoms with E-state index in [1.165, 1.54) is 29.3 Å². The second-order valence-electron chi connectivity index (χ2n) is 6.79. The summed E-state index contributed by atoms with van der Waals surface area (Å²) in [6.07, 6.45) is 2.02. The summed E-state index contributed by atoms with van der Waals surface area (Å²) in [7, 11) is 0. The molecule has 2 aromatic carbocycles. The molecule has 0 unspecified atom stereocenters. The van der Waals surface area contributed by atoms with Gasteiger partial charge in [0.1, 0.15) is 5.82 Å². The average Bonchev–Trinajstić information content (AvgIpc) is 2.98. The minimum atomic E-state index is -0.570. The number of halogens is 2. The molecule has 0 radical (unpaired) electrons. The fourth-order valence-electron chi connectivity index (χ4n) is 3.50. The molecule has 6 nitrogen and oxygen atoms in total. The summed E-state index contributed by atoms with van der Waals surface area (Å²) in [6, 6.07) is 11.2. The molecular weight excluding hydrogens is 409 g/mol. The second kappa shape index (κ2) is 8.20. The number of esters is 1. The van der Waals surface area contributed by atoms with E-state index in [-0.39, 0.29) is 17.2 Å². The van der Waals surface area contributed by atoms with Crippen molar-refractivity contribution in [1.29, 1.82) is 0 Å². The molecule has 1 aromatic heterocycles. The van der Waals surface area contributed by atoms with E-state index in [1.54, 1.807) is 6.92 Å². The molecule has 3 aromatic rings. The first-order chi connectivity index (χ1) is 14.5. The summed E-state index contributed by atoms with van der Waals surface area (Å²) in [6.45, 7) is 2.29. The number of H-pyrrole nitrogens is 1. The molecule has 2 amide bonds. The molecule has 0 saturated carbocycles. The van der Waals surface area contributed by atoms with Gasteiger partial charge in [0.15, 0.2) is 0 Å². The SMILES string of the molecule is CCOC(=O)C1=CN(C(=O)Nc2ccc(F)c(Cl)c2)CCc2c1[nH]c1ccccc21. The van der Waals surface area contributed by atoms with E-state index in [1.807, 2.05) is 24.3 Å². The van der Waals surface area contributed by atoms with Crippen LogP contribution in [-0.4, -0.2) is 35.0 Å². The zero-order valence-corrected chi connectivity index (χ0v) is 16.9. The van der Waals surface area contributed by atoms with Crippen LogP contribution in [0.2, 0.25) is 5.02 Å². The van der Waals surface area contributed by atoms with E-state index >= 15 is 0 Å². The summed E-state index contributed by atoms with van der Waals surface area (Å²) in [5, 5.41) is 3.59. The van der Waals surface area contributed by atoms with Crippen molar-refractivity contribution in [3.05, 3.63) is 70.8 Å². The number of nitrogens with zero attached hydrogens (tertiary/aromatic N) is 1. The molecule has 0 aliphatic carbocycles. The van der Waals surface area contributed by atoms with Crippen molar-refractivity contribution in [3.8, 4) is 0 Å². The van der Waals surface area contributed by atoms with Crippen molar-refractivity contribution >= 4 is 45.8 Å². The minimum Gasteiger partial charge on any atom is -0.462 e. The third kappa shape index (κ3) is 3.76. The van der Waals surface area contributed by atoms with Crippen LogP contribution in [-0.2, 0) is 16.0 Å². The Kier molecular flexibility index (Phi) is 5.46. The summed E-state index contributed by atoms with van der Waals surface area (Å²) in [5.41, 5.74) is 3.13. The second-order valence-corrected chi connectivity index (χ2v) is 7.20. The number of aromatic amines is 1. The molecule has 2 N–H and O–H groups in total. The summed E-state index contributed by atoms with van der Waals surface area (Å²) in [5.74, 6) is -1.09. The van der Waals surface area contributed by atoms with Gasteiger partial charge in [-0.1, -0.05) is 29.8 Å². The molecule has 0 spiro atoms. The molecule has 8 heteroatoms. The van der Waals surface area contributed by atoms with Gasteiger partial charge in [-0.25, -0.2) is 14.0 Å². The first-order valence-corrected chi connectivity index (χ1v) is 9.87. The Bertz CT molecular complexity index is 1170. The number of amides is 2. The summed E-state index contributed by atoms with van der Waals surface area (Å²) in [4.78, 5) is 30.2. The zero-order valence-electron chi connectivity index (χ0n) is 16.2. The number of carbonyl (C=O) groups is 2. The maximum atomic E-state index is 13.4. The van der Waals surface area contributed by atoms with Crippen LogP contribution in [0.4, 0.5) is 14.9 Å².